The molecule has 0 heterocycles. The van der Waals surface area contributed by atoms with Crippen LogP contribution < -0.4 is 0 Å². The van der Waals surface area contributed by atoms with E-state index in [4.69, 9.17) is 33.2 Å². The zero-order chi connectivity index (χ0) is 31.9. The summed E-state index contributed by atoms with van der Waals surface area (Å²) >= 11 is 0. The quantitative estimate of drug-likeness (QED) is 0.220. The molecule has 244 valence electrons. The molecule has 2 saturated carbocycles. The molecule has 13 atom stereocenters. The van der Waals surface area contributed by atoms with Gasteiger partial charge in [0.1, 0.15) is 30.0 Å². The Bertz CT molecular complexity index is 898. The highest BCUT2D eigenvalue weighted by Gasteiger charge is 2.66. The lowest BCUT2D eigenvalue weighted by Gasteiger charge is -2.43. The van der Waals surface area contributed by atoms with Crippen molar-refractivity contribution in [3.63, 3.8) is 0 Å². The van der Waals surface area contributed by atoms with Crippen molar-refractivity contribution in [2.45, 2.75) is 109 Å². The summed E-state index contributed by atoms with van der Waals surface area (Å²) in [6, 6.07) is 0. The molecule has 0 spiro atoms. The predicted octanol–water partition coefficient (Wildman–Crippen LogP) is 1.90. The molecule has 42 heavy (non-hydrogen) atoms. The van der Waals surface area contributed by atoms with E-state index in [2.05, 4.69) is 0 Å². The summed E-state index contributed by atoms with van der Waals surface area (Å²) in [4.78, 5) is 36.1. The highest BCUT2D eigenvalue weighted by Crippen LogP contribution is 2.56. The van der Waals surface area contributed by atoms with Crippen molar-refractivity contribution in [1.82, 2.24) is 0 Å². The maximum Gasteiger partial charge on any atom is 0.303 e. The van der Waals surface area contributed by atoms with Gasteiger partial charge in [-0.1, -0.05) is 6.92 Å². The molecular formula is C30H52O12. The molecule has 2 N–H and O–H groups in total. The molecule has 0 aromatic heterocycles. The maximum absolute atomic E-state index is 12.5. The molecule has 0 saturated heterocycles. The summed E-state index contributed by atoms with van der Waals surface area (Å²) in [7, 11) is 6.17. The van der Waals surface area contributed by atoms with Crippen molar-refractivity contribution >= 4 is 17.9 Å². The molecule has 0 aromatic rings. The Morgan fingerprint density at radius 3 is 2.00 bits per heavy atom. The van der Waals surface area contributed by atoms with Gasteiger partial charge >= 0.3 is 17.9 Å². The third kappa shape index (κ3) is 8.21. The fraction of sp³-hybridized carbons (Fsp3) is 0.900. The fourth-order valence-electron chi connectivity index (χ4n) is 7.88. The van der Waals surface area contributed by atoms with Crippen LogP contribution in [0.25, 0.3) is 0 Å². The normalized spacial score (nSPS) is 34.7. The molecule has 0 bridgehead atoms. The third-order valence-electron chi connectivity index (χ3n) is 9.06. The van der Waals surface area contributed by atoms with Crippen LogP contribution >= 0.6 is 0 Å². The standard InChI is InChI=1S/C30H52O12/c1-15(14-36-7)25-24(38-9)12-22(34)26-21(27(25)23(37-8)11-16(2)40-18(4)31)13-30(35,29(26)42-20(6)33)28(39-10)17(3)41-19(5)32/h15-17,21-29,34-35H,11-14H2,1-10H3/t15-,16+,17-,21-,22+,23+,24+,25+,26+,27?,28+,29-,30+/m1/s1. The molecule has 0 amide bonds. The van der Waals surface area contributed by atoms with E-state index >= 15 is 0 Å². The van der Waals surface area contributed by atoms with Crippen LogP contribution in [0, 0.1) is 29.6 Å². The molecule has 2 rings (SSSR count). The highest BCUT2D eigenvalue weighted by molar-refractivity contribution is 5.67. The average molecular weight is 605 g/mol. The van der Waals surface area contributed by atoms with Gasteiger partial charge in [0.05, 0.1) is 18.3 Å². The summed E-state index contributed by atoms with van der Waals surface area (Å²) in [5, 5.41) is 24.2. The lowest BCUT2D eigenvalue weighted by atomic mass is 9.68. The summed E-state index contributed by atoms with van der Waals surface area (Å²) in [5.41, 5.74) is -1.83. The molecule has 2 fully saturated rings. The molecular weight excluding hydrogens is 552 g/mol. The van der Waals surface area contributed by atoms with E-state index in [1.807, 2.05) is 6.92 Å². The summed E-state index contributed by atoms with van der Waals surface area (Å²) < 4.78 is 40.1. The van der Waals surface area contributed by atoms with Crippen LogP contribution in [-0.4, -0.2) is 111 Å². The number of aliphatic hydroxyl groups excluding tert-OH is 1. The van der Waals surface area contributed by atoms with Crippen LogP contribution in [0.15, 0.2) is 0 Å². The number of carbonyl (C=O) groups excluding carboxylic acids is 3. The summed E-state index contributed by atoms with van der Waals surface area (Å²) in [5.74, 6) is -3.52. The van der Waals surface area contributed by atoms with Crippen molar-refractivity contribution in [2.24, 2.45) is 29.6 Å². The van der Waals surface area contributed by atoms with Gasteiger partial charge in [0.2, 0.25) is 0 Å². The van der Waals surface area contributed by atoms with Gasteiger partial charge in [-0.25, -0.2) is 0 Å². The van der Waals surface area contributed by atoms with Gasteiger partial charge in [-0.15, -0.1) is 0 Å². The van der Waals surface area contributed by atoms with Crippen molar-refractivity contribution < 1.29 is 57.8 Å². The molecule has 2 aliphatic rings. The number of ether oxygens (including phenoxy) is 7. The number of hydrogen-bond acceptors (Lipinski definition) is 12. The van der Waals surface area contributed by atoms with E-state index in [9.17, 15) is 24.6 Å². The number of carbonyl (C=O) groups is 3. The Hall–Kier alpha value is -1.83. The minimum absolute atomic E-state index is 0.0376. The van der Waals surface area contributed by atoms with E-state index in [0.717, 1.165) is 0 Å². The van der Waals surface area contributed by atoms with Gasteiger partial charge in [0.15, 0.2) is 0 Å². The summed E-state index contributed by atoms with van der Waals surface area (Å²) in [6.07, 6.45) is -5.06. The molecule has 0 aromatic carbocycles. The first-order valence-corrected chi connectivity index (χ1v) is 14.7. The Labute approximate surface area is 249 Å². The van der Waals surface area contributed by atoms with Crippen molar-refractivity contribution in [2.75, 3.05) is 35.0 Å². The zero-order valence-electron chi connectivity index (χ0n) is 26.7. The molecule has 12 heteroatoms. The number of hydrogen-bond donors (Lipinski definition) is 2. The van der Waals surface area contributed by atoms with E-state index in [1.54, 1.807) is 35.2 Å². The van der Waals surface area contributed by atoms with E-state index in [0.29, 0.717) is 13.0 Å². The van der Waals surface area contributed by atoms with Crippen molar-refractivity contribution in [3.05, 3.63) is 0 Å². The SMILES string of the molecule is COC[C@@H](C)[C@@H]1C([C@H](C[C@H](C)OC(C)=O)OC)[C@@H]2C[C@](O)([C@@H](OC)[C@@H](C)OC(C)=O)[C@H](OC(C)=O)[C@@H]2[C@@H](O)C[C@@H]1OC. The van der Waals surface area contributed by atoms with Crippen LogP contribution in [0.5, 0.6) is 0 Å². The van der Waals surface area contributed by atoms with E-state index in [-0.39, 0.29) is 30.6 Å². The third-order valence-corrected chi connectivity index (χ3v) is 9.06. The molecule has 12 nitrogen and oxygen atoms in total. The second kappa shape index (κ2) is 15.8. The Kier molecular flexibility index (Phi) is 13.6. The van der Waals surface area contributed by atoms with Gasteiger partial charge in [0, 0.05) is 74.6 Å². The Morgan fingerprint density at radius 2 is 1.52 bits per heavy atom. The van der Waals surface area contributed by atoms with Crippen LogP contribution in [0.4, 0.5) is 0 Å². The van der Waals surface area contributed by atoms with Gasteiger partial charge in [0.25, 0.3) is 0 Å². The molecule has 0 aliphatic heterocycles. The number of methoxy groups -OCH3 is 4. The number of fused-ring (bicyclic) bond motifs is 1. The number of rotatable bonds is 14. The number of aliphatic hydroxyl groups is 2. The second-order valence-electron chi connectivity index (χ2n) is 12.0. The van der Waals surface area contributed by atoms with Crippen LogP contribution in [0.1, 0.15) is 60.8 Å². The van der Waals surface area contributed by atoms with Gasteiger partial charge in [-0.05, 0) is 43.9 Å². The van der Waals surface area contributed by atoms with Crippen molar-refractivity contribution in [1.29, 1.82) is 0 Å². The van der Waals surface area contributed by atoms with Crippen LogP contribution in [0.3, 0.4) is 0 Å². The second-order valence-corrected chi connectivity index (χ2v) is 12.0. The summed E-state index contributed by atoms with van der Waals surface area (Å²) in [6.45, 7) is 9.66. The lowest BCUT2D eigenvalue weighted by molar-refractivity contribution is -0.208. The van der Waals surface area contributed by atoms with Gasteiger partial charge in [-0.2, -0.15) is 0 Å². The number of esters is 3. The largest absolute Gasteiger partial charge is 0.463 e. The van der Waals surface area contributed by atoms with E-state index < -0.39 is 78.1 Å². The highest BCUT2D eigenvalue weighted by atomic mass is 16.6. The van der Waals surface area contributed by atoms with Gasteiger partial charge < -0.3 is 43.4 Å². The van der Waals surface area contributed by atoms with Crippen LogP contribution in [-0.2, 0) is 47.5 Å². The maximum atomic E-state index is 12.5. The Morgan fingerprint density at radius 1 is 0.905 bits per heavy atom. The molecule has 0 radical (unpaired) electrons. The Balaban J connectivity index is 2.78. The van der Waals surface area contributed by atoms with E-state index in [1.165, 1.54) is 27.9 Å². The van der Waals surface area contributed by atoms with Gasteiger partial charge in [-0.3, -0.25) is 14.4 Å². The molecule has 2 aliphatic carbocycles. The fourth-order valence-corrected chi connectivity index (χ4v) is 7.88. The average Bonchev–Trinajstić information content (AvgIpc) is 3.08. The molecule has 1 unspecified atom stereocenters. The minimum atomic E-state index is -1.83. The minimum Gasteiger partial charge on any atom is -0.463 e. The first kappa shape index (κ1) is 36.4. The van der Waals surface area contributed by atoms with Crippen molar-refractivity contribution in [3.8, 4) is 0 Å². The first-order valence-electron chi connectivity index (χ1n) is 14.7. The topological polar surface area (TPSA) is 156 Å². The first-order chi connectivity index (χ1) is 19.7. The smallest absolute Gasteiger partial charge is 0.303 e. The predicted molar refractivity (Wildman–Crippen MR) is 150 cm³/mol. The monoisotopic (exact) mass is 604 g/mol. The zero-order valence-corrected chi connectivity index (χ0v) is 26.7. The van der Waals surface area contributed by atoms with Crippen LogP contribution in [0.2, 0.25) is 0 Å². The lowest BCUT2D eigenvalue weighted by Crippen LogP contribution is -2.58.